The largest absolute Gasteiger partial charge is 0.485 e. The van der Waals surface area contributed by atoms with Crippen molar-refractivity contribution in [2.75, 3.05) is 0 Å². The molecule has 2 N–H and O–H groups in total. The topological polar surface area (TPSA) is 48.1 Å². The van der Waals surface area contributed by atoms with Gasteiger partial charge in [0.2, 0.25) is 0 Å². The zero-order chi connectivity index (χ0) is 11.4. The number of nitrogens with zero attached hydrogens (tertiary/aromatic N) is 1. The van der Waals surface area contributed by atoms with E-state index in [0.717, 1.165) is 20.8 Å². The molecule has 16 heavy (non-hydrogen) atoms. The van der Waals surface area contributed by atoms with Crippen LogP contribution in [-0.2, 0) is 13.2 Å². The maximum atomic E-state index is 5.64. The Bertz CT molecular complexity index is 459. The second kappa shape index (κ2) is 5.43. The lowest BCUT2D eigenvalue weighted by molar-refractivity contribution is 0.303. The van der Waals surface area contributed by atoms with Gasteiger partial charge in [-0.15, -0.1) is 11.3 Å². The third-order valence-electron chi connectivity index (χ3n) is 2.07. The Balaban J connectivity index is 2.04. The summed E-state index contributed by atoms with van der Waals surface area (Å²) in [6, 6.07) is 5.85. The summed E-state index contributed by atoms with van der Waals surface area (Å²) in [7, 11) is 0. The highest BCUT2D eigenvalue weighted by Crippen LogP contribution is 2.26. The lowest BCUT2D eigenvalue weighted by atomic mass is 10.2. The number of thiazole rings is 1. The van der Waals surface area contributed by atoms with E-state index in [2.05, 4.69) is 20.9 Å². The van der Waals surface area contributed by atoms with E-state index in [0.29, 0.717) is 13.2 Å². The van der Waals surface area contributed by atoms with Crippen molar-refractivity contribution in [3.05, 3.63) is 44.8 Å². The molecule has 3 nitrogen and oxygen atoms in total. The lowest BCUT2D eigenvalue weighted by Crippen LogP contribution is -1.98. The van der Waals surface area contributed by atoms with Crippen molar-refractivity contribution >= 4 is 27.3 Å². The van der Waals surface area contributed by atoms with Crippen LogP contribution in [-0.4, -0.2) is 4.98 Å². The first kappa shape index (κ1) is 11.6. The zero-order valence-corrected chi connectivity index (χ0v) is 10.9. The molecule has 0 saturated carbocycles. The quantitative estimate of drug-likeness (QED) is 0.944. The van der Waals surface area contributed by atoms with E-state index in [-0.39, 0.29) is 0 Å². The van der Waals surface area contributed by atoms with Crippen LogP contribution < -0.4 is 10.5 Å². The van der Waals surface area contributed by atoms with Gasteiger partial charge < -0.3 is 10.5 Å². The molecule has 2 rings (SSSR count). The van der Waals surface area contributed by atoms with E-state index in [4.69, 9.17) is 10.5 Å². The van der Waals surface area contributed by atoms with Gasteiger partial charge in [0, 0.05) is 18.1 Å². The maximum Gasteiger partial charge on any atom is 0.140 e. The molecule has 1 aromatic heterocycles. The normalized spacial score (nSPS) is 10.4. The third-order valence-corrected chi connectivity index (χ3v) is 3.44. The number of rotatable bonds is 4. The van der Waals surface area contributed by atoms with E-state index in [1.165, 1.54) is 0 Å². The second-order valence-electron chi connectivity index (χ2n) is 3.18. The zero-order valence-electron chi connectivity index (χ0n) is 8.52. The number of aromatic nitrogens is 1. The van der Waals surface area contributed by atoms with E-state index in [9.17, 15) is 0 Å². The van der Waals surface area contributed by atoms with Crippen LogP contribution in [0.4, 0.5) is 0 Å². The SMILES string of the molecule is NCc1ccc(OCc2nccs2)c(Br)c1. The van der Waals surface area contributed by atoms with Gasteiger partial charge in [0.25, 0.3) is 0 Å². The van der Waals surface area contributed by atoms with Crippen LogP contribution in [0.2, 0.25) is 0 Å². The van der Waals surface area contributed by atoms with Crippen LogP contribution in [0.3, 0.4) is 0 Å². The van der Waals surface area contributed by atoms with E-state index < -0.39 is 0 Å². The number of halogens is 1. The molecule has 0 bridgehead atoms. The highest BCUT2D eigenvalue weighted by molar-refractivity contribution is 9.10. The first-order valence-corrected chi connectivity index (χ1v) is 6.46. The fourth-order valence-electron chi connectivity index (χ4n) is 1.25. The molecule has 0 aliphatic heterocycles. The van der Waals surface area contributed by atoms with Gasteiger partial charge in [-0.3, -0.25) is 0 Å². The fourth-order valence-corrected chi connectivity index (χ4v) is 2.32. The Morgan fingerprint density at radius 3 is 2.94 bits per heavy atom. The van der Waals surface area contributed by atoms with Crippen LogP contribution in [0.25, 0.3) is 0 Å². The molecule has 0 atom stereocenters. The minimum absolute atomic E-state index is 0.498. The average molecular weight is 299 g/mol. The van der Waals surface area contributed by atoms with Crippen molar-refractivity contribution in [3.63, 3.8) is 0 Å². The lowest BCUT2D eigenvalue weighted by Gasteiger charge is -2.07. The van der Waals surface area contributed by atoms with Gasteiger partial charge in [-0.1, -0.05) is 6.07 Å². The number of hydrogen-bond donors (Lipinski definition) is 1. The first-order chi connectivity index (χ1) is 7.79. The van der Waals surface area contributed by atoms with Crippen molar-refractivity contribution < 1.29 is 4.74 Å². The molecule has 1 aromatic carbocycles. The summed E-state index contributed by atoms with van der Waals surface area (Å²) in [5.74, 6) is 0.812. The molecule has 0 spiro atoms. The highest BCUT2D eigenvalue weighted by Gasteiger charge is 2.03. The molecule has 1 heterocycles. The molecule has 0 aliphatic carbocycles. The summed E-state index contributed by atoms with van der Waals surface area (Å²) < 4.78 is 6.56. The van der Waals surface area contributed by atoms with Gasteiger partial charge in [-0.25, -0.2) is 4.98 Å². The van der Waals surface area contributed by atoms with Gasteiger partial charge >= 0.3 is 0 Å². The van der Waals surface area contributed by atoms with E-state index >= 15 is 0 Å². The van der Waals surface area contributed by atoms with Crippen molar-refractivity contribution in [3.8, 4) is 5.75 Å². The predicted octanol–water partition coefficient (Wildman–Crippen LogP) is 2.94. The first-order valence-electron chi connectivity index (χ1n) is 4.79. The van der Waals surface area contributed by atoms with Gasteiger partial charge in [0.1, 0.15) is 17.4 Å². The highest BCUT2D eigenvalue weighted by atomic mass is 79.9. The summed E-state index contributed by atoms with van der Waals surface area (Å²) >= 11 is 5.04. The smallest absolute Gasteiger partial charge is 0.140 e. The van der Waals surface area contributed by atoms with Crippen LogP contribution in [0, 0.1) is 0 Å². The van der Waals surface area contributed by atoms with E-state index in [1.54, 1.807) is 17.5 Å². The Morgan fingerprint density at radius 1 is 1.44 bits per heavy atom. The molecular formula is C11H11BrN2OS. The molecule has 2 aromatic rings. The molecule has 0 amide bonds. The van der Waals surface area contributed by atoms with Crippen LogP contribution in [0.5, 0.6) is 5.75 Å². The van der Waals surface area contributed by atoms with Crippen LogP contribution in [0.1, 0.15) is 10.6 Å². The molecule has 0 radical (unpaired) electrons. The van der Waals surface area contributed by atoms with Crippen molar-refractivity contribution in [2.24, 2.45) is 5.73 Å². The minimum Gasteiger partial charge on any atom is -0.485 e. The van der Waals surface area contributed by atoms with Crippen molar-refractivity contribution in [1.29, 1.82) is 0 Å². The van der Waals surface area contributed by atoms with Gasteiger partial charge in [-0.2, -0.15) is 0 Å². The van der Waals surface area contributed by atoms with Gasteiger partial charge in [0.15, 0.2) is 0 Å². The van der Waals surface area contributed by atoms with E-state index in [1.807, 2.05) is 23.6 Å². The molecular weight excluding hydrogens is 288 g/mol. The molecule has 0 saturated heterocycles. The molecule has 0 unspecified atom stereocenters. The fraction of sp³-hybridized carbons (Fsp3) is 0.182. The Morgan fingerprint density at radius 2 is 2.31 bits per heavy atom. The second-order valence-corrected chi connectivity index (χ2v) is 5.02. The predicted molar refractivity (Wildman–Crippen MR) is 68.5 cm³/mol. The standard InChI is InChI=1S/C11H11BrN2OS/c12-9-5-8(6-13)1-2-10(9)15-7-11-14-3-4-16-11/h1-5H,6-7,13H2. The van der Waals surface area contributed by atoms with Gasteiger partial charge in [-0.05, 0) is 33.6 Å². The van der Waals surface area contributed by atoms with Crippen molar-refractivity contribution in [2.45, 2.75) is 13.2 Å². The average Bonchev–Trinajstić information content (AvgIpc) is 2.80. The Labute approximate surface area is 106 Å². The number of ether oxygens (including phenoxy) is 1. The van der Waals surface area contributed by atoms with Crippen LogP contribution >= 0.6 is 27.3 Å². The minimum atomic E-state index is 0.498. The third kappa shape index (κ3) is 2.81. The maximum absolute atomic E-state index is 5.64. The molecule has 5 heteroatoms. The summed E-state index contributed by atoms with van der Waals surface area (Å²) in [6.45, 7) is 1.03. The summed E-state index contributed by atoms with van der Waals surface area (Å²) in [6.07, 6.45) is 1.77. The Hall–Kier alpha value is -0.910. The van der Waals surface area contributed by atoms with Gasteiger partial charge in [0.05, 0.1) is 4.47 Å². The summed E-state index contributed by atoms with van der Waals surface area (Å²) in [5, 5.41) is 2.90. The summed E-state index contributed by atoms with van der Waals surface area (Å²) in [4.78, 5) is 4.15. The van der Waals surface area contributed by atoms with Crippen LogP contribution in [0.15, 0.2) is 34.2 Å². The molecule has 0 fully saturated rings. The number of hydrogen-bond acceptors (Lipinski definition) is 4. The monoisotopic (exact) mass is 298 g/mol. The Kier molecular flexibility index (Phi) is 3.93. The van der Waals surface area contributed by atoms with Crippen molar-refractivity contribution in [1.82, 2.24) is 4.98 Å². The number of benzene rings is 1. The summed E-state index contributed by atoms with van der Waals surface area (Å²) in [5.41, 5.74) is 6.63. The molecule has 84 valence electrons. The molecule has 0 aliphatic rings. The number of nitrogens with two attached hydrogens (primary N) is 1.